The van der Waals surface area contributed by atoms with Crippen molar-refractivity contribution in [3.05, 3.63) is 0 Å². The van der Waals surface area contributed by atoms with Gasteiger partial charge in [-0.15, -0.1) is 0 Å². The van der Waals surface area contributed by atoms with Gasteiger partial charge in [-0.3, -0.25) is 4.79 Å². The maximum absolute atomic E-state index is 9.82. The lowest BCUT2D eigenvalue weighted by Gasteiger charge is -2.04. The third kappa shape index (κ3) is 116. The first-order valence-electron chi connectivity index (χ1n) is 3.63. The van der Waals surface area contributed by atoms with Gasteiger partial charge in [0.05, 0.1) is 12.2 Å². The summed E-state index contributed by atoms with van der Waals surface area (Å²) in [6.45, 7) is 8.88. The van der Waals surface area contributed by atoms with Crippen molar-refractivity contribution >= 4 is 5.97 Å². The number of rotatable bonds is 1. The molecule has 0 atom stereocenters. The number of ether oxygens (including phenoxy) is 1. The molecule has 0 spiro atoms. The number of aliphatic hydroxyl groups is 1. The molecule has 12 heavy (non-hydrogen) atoms. The molecule has 0 unspecified atom stereocenters. The monoisotopic (exact) mass is 180 g/mol. The molecule has 0 amide bonds. The highest BCUT2D eigenvalue weighted by molar-refractivity contribution is 5.65. The van der Waals surface area contributed by atoms with Crippen molar-refractivity contribution < 1.29 is 20.1 Å². The highest BCUT2D eigenvalue weighted by Gasteiger charge is 1.97. The fourth-order valence-corrected chi connectivity index (χ4v) is 0.203. The van der Waals surface area contributed by atoms with Crippen molar-refractivity contribution in [2.75, 3.05) is 6.61 Å². The lowest BCUT2D eigenvalue weighted by Crippen LogP contribution is -2.10. The second-order valence-electron chi connectivity index (χ2n) is 3.10. The van der Waals surface area contributed by atoms with Gasteiger partial charge in [-0.1, -0.05) is 0 Å². The first-order chi connectivity index (χ1) is 4.77. The summed E-state index contributed by atoms with van der Waals surface area (Å²) in [7, 11) is 0. The van der Waals surface area contributed by atoms with Crippen molar-refractivity contribution in [1.82, 2.24) is 0 Å². The molecule has 0 bridgehead atoms. The quantitative estimate of drug-likeness (QED) is 0.597. The molecule has 0 saturated carbocycles. The minimum atomic E-state index is -0.500. The maximum Gasteiger partial charge on any atom is 0.302 e. The Morgan fingerprint density at radius 1 is 1.42 bits per heavy atom. The Kier molecular flexibility index (Phi) is 12.4. The van der Waals surface area contributed by atoms with Crippen molar-refractivity contribution in [3.63, 3.8) is 0 Å². The van der Waals surface area contributed by atoms with Crippen molar-refractivity contribution in [2.24, 2.45) is 0 Å². The fraction of sp³-hybridized carbons (Fsp3) is 0.875. The Hall–Kier alpha value is -0.610. The van der Waals surface area contributed by atoms with Crippen LogP contribution < -0.4 is 0 Å². The van der Waals surface area contributed by atoms with Gasteiger partial charge in [0, 0.05) is 6.92 Å². The van der Waals surface area contributed by atoms with E-state index in [1.807, 2.05) is 0 Å². The molecule has 0 aliphatic rings. The van der Waals surface area contributed by atoms with E-state index in [9.17, 15) is 4.79 Å². The summed E-state index contributed by atoms with van der Waals surface area (Å²) in [5.74, 6) is -0.211. The van der Waals surface area contributed by atoms with Crippen LogP contribution in [0.15, 0.2) is 0 Å². The Bertz CT molecular complexity index is 98.1. The third-order valence-corrected chi connectivity index (χ3v) is 0.348. The highest BCUT2D eigenvalue weighted by atomic mass is 16.5. The molecule has 0 aromatic rings. The molecule has 76 valence electrons. The molecule has 0 heterocycles. The Balaban J connectivity index is -0.000000126. The zero-order chi connectivity index (χ0) is 9.49. The minimum Gasteiger partial charge on any atom is -0.466 e. The molecule has 0 aromatic heterocycles. The van der Waals surface area contributed by atoms with Crippen LogP contribution in [0.25, 0.3) is 0 Å². The fourth-order valence-electron chi connectivity index (χ4n) is 0.203. The number of carbonyl (C=O) groups is 1. The predicted octanol–water partition coefficient (Wildman–Crippen LogP) is 0.522. The van der Waals surface area contributed by atoms with Gasteiger partial charge >= 0.3 is 5.97 Å². The van der Waals surface area contributed by atoms with Crippen LogP contribution in [0.3, 0.4) is 0 Å². The van der Waals surface area contributed by atoms with Crippen LogP contribution in [0.2, 0.25) is 0 Å². The van der Waals surface area contributed by atoms with Gasteiger partial charge in [0.2, 0.25) is 0 Å². The summed E-state index contributed by atoms with van der Waals surface area (Å²) in [5.41, 5.74) is -0.500. The number of hydrogen-bond acceptors (Lipinski definition) is 3. The molecule has 0 rings (SSSR count). The number of hydrogen-bond donors (Lipinski definition) is 1. The van der Waals surface area contributed by atoms with Crippen molar-refractivity contribution in [2.45, 2.75) is 40.2 Å². The van der Waals surface area contributed by atoms with E-state index in [0.29, 0.717) is 6.61 Å². The summed E-state index contributed by atoms with van der Waals surface area (Å²) < 4.78 is 4.40. The topological polar surface area (TPSA) is 78.0 Å². The van der Waals surface area contributed by atoms with E-state index in [0.717, 1.165) is 0 Å². The molecule has 4 heteroatoms. The second kappa shape index (κ2) is 8.49. The smallest absolute Gasteiger partial charge is 0.302 e. The van der Waals surface area contributed by atoms with Gasteiger partial charge < -0.3 is 15.3 Å². The first kappa shape index (κ1) is 17.5. The van der Waals surface area contributed by atoms with Gasteiger partial charge in [-0.25, -0.2) is 0 Å². The molecular weight excluding hydrogens is 160 g/mol. The maximum atomic E-state index is 9.82. The van der Waals surface area contributed by atoms with E-state index < -0.39 is 5.60 Å². The van der Waals surface area contributed by atoms with Crippen LogP contribution in [0.4, 0.5) is 0 Å². The summed E-state index contributed by atoms with van der Waals surface area (Å²) in [6.07, 6.45) is 0. The summed E-state index contributed by atoms with van der Waals surface area (Å²) in [6, 6.07) is 0. The third-order valence-electron chi connectivity index (χ3n) is 0.348. The first-order valence-corrected chi connectivity index (χ1v) is 3.63. The lowest BCUT2D eigenvalue weighted by molar-refractivity contribution is -0.140. The average Bonchev–Trinajstić information content (AvgIpc) is 1.58. The predicted molar refractivity (Wildman–Crippen MR) is 47.9 cm³/mol. The molecule has 0 radical (unpaired) electrons. The molecule has 0 fully saturated rings. The SMILES string of the molecule is CC(C)(C)O.CCOC(C)=O.O. The zero-order valence-corrected chi connectivity index (χ0v) is 8.47. The molecule has 3 N–H and O–H groups in total. The van der Waals surface area contributed by atoms with E-state index in [2.05, 4.69) is 4.74 Å². The highest BCUT2D eigenvalue weighted by Crippen LogP contribution is 1.93. The van der Waals surface area contributed by atoms with Crippen LogP contribution in [0, 0.1) is 0 Å². The van der Waals surface area contributed by atoms with Crippen molar-refractivity contribution in [1.29, 1.82) is 0 Å². The standard InChI is InChI=1S/C4H8O2.C4H10O.H2O/c1-3-6-4(2)5;1-4(2,3)5;/h3H2,1-2H3;5H,1-3H3;1H2. The van der Waals surface area contributed by atoms with E-state index in [4.69, 9.17) is 5.11 Å². The van der Waals surface area contributed by atoms with Gasteiger partial charge in [-0.05, 0) is 27.7 Å². The Morgan fingerprint density at radius 3 is 1.67 bits per heavy atom. The molecule has 4 nitrogen and oxygen atoms in total. The lowest BCUT2D eigenvalue weighted by atomic mass is 10.2. The molecule has 0 saturated heterocycles. The Labute approximate surface area is 73.8 Å². The van der Waals surface area contributed by atoms with Crippen LogP contribution in [0.5, 0.6) is 0 Å². The van der Waals surface area contributed by atoms with E-state index >= 15 is 0 Å². The van der Waals surface area contributed by atoms with Gasteiger partial charge in [0.1, 0.15) is 0 Å². The normalized spacial score (nSPS) is 8.83. The zero-order valence-electron chi connectivity index (χ0n) is 8.47. The van der Waals surface area contributed by atoms with E-state index in [1.165, 1.54) is 6.92 Å². The van der Waals surface area contributed by atoms with Gasteiger partial charge in [-0.2, -0.15) is 0 Å². The van der Waals surface area contributed by atoms with E-state index in [-0.39, 0.29) is 11.4 Å². The van der Waals surface area contributed by atoms with Crippen molar-refractivity contribution in [3.8, 4) is 0 Å². The van der Waals surface area contributed by atoms with E-state index in [1.54, 1.807) is 27.7 Å². The molecule has 0 aromatic carbocycles. The molecule has 0 aliphatic carbocycles. The van der Waals surface area contributed by atoms with Gasteiger partial charge in [0.25, 0.3) is 0 Å². The minimum absolute atomic E-state index is 0. The average molecular weight is 180 g/mol. The summed E-state index contributed by atoms with van der Waals surface area (Å²) >= 11 is 0. The summed E-state index contributed by atoms with van der Waals surface area (Å²) in [5, 5.41) is 8.52. The number of carbonyl (C=O) groups excluding carboxylic acids is 1. The Morgan fingerprint density at radius 2 is 1.67 bits per heavy atom. The molecular formula is C8H20O4. The largest absolute Gasteiger partial charge is 0.466 e. The van der Waals surface area contributed by atoms with Crippen LogP contribution in [-0.4, -0.2) is 28.8 Å². The second-order valence-corrected chi connectivity index (χ2v) is 3.10. The van der Waals surface area contributed by atoms with Crippen LogP contribution >= 0.6 is 0 Å². The van der Waals surface area contributed by atoms with Crippen LogP contribution in [-0.2, 0) is 9.53 Å². The van der Waals surface area contributed by atoms with Crippen LogP contribution in [0.1, 0.15) is 34.6 Å². The molecule has 0 aliphatic heterocycles. The number of esters is 1. The van der Waals surface area contributed by atoms with Gasteiger partial charge in [0.15, 0.2) is 0 Å². The summed E-state index contributed by atoms with van der Waals surface area (Å²) in [4.78, 5) is 9.82.